The fourth-order valence-electron chi connectivity index (χ4n) is 3.66. The molecule has 2 aromatic carbocycles. The monoisotopic (exact) mass is 325 g/mol. The molecule has 3 heteroatoms. The molecule has 24 heavy (non-hydrogen) atoms. The fourth-order valence-corrected chi connectivity index (χ4v) is 3.66. The Labute approximate surface area is 143 Å². The zero-order chi connectivity index (χ0) is 16.9. The molecule has 0 bridgehead atoms. The number of likely N-dealkylation sites (tertiary alicyclic amines) is 1. The summed E-state index contributed by atoms with van der Waals surface area (Å²) in [5, 5.41) is 0. The smallest absolute Gasteiger partial charge is 0.140 e. The lowest BCUT2D eigenvalue weighted by Crippen LogP contribution is -2.42. The second kappa shape index (κ2) is 7.71. The van der Waals surface area contributed by atoms with Gasteiger partial charge in [0.25, 0.3) is 0 Å². The highest BCUT2D eigenvalue weighted by atomic mass is 19.1. The summed E-state index contributed by atoms with van der Waals surface area (Å²) in [6, 6.07) is 17.0. The van der Waals surface area contributed by atoms with Crippen LogP contribution in [0.3, 0.4) is 0 Å². The Kier molecular flexibility index (Phi) is 5.41. The number of nitrogens with zero attached hydrogens (tertiary/aromatic N) is 1. The number of halogens is 1. The molecule has 0 aromatic heterocycles. The minimum atomic E-state index is -0.278. The van der Waals surface area contributed by atoms with Crippen LogP contribution in [0.1, 0.15) is 24.5 Å². The van der Waals surface area contributed by atoms with Crippen LogP contribution in [0, 0.1) is 17.7 Å². The van der Waals surface area contributed by atoms with Crippen LogP contribution in [-0.4, -0.2) is 23.8 Å². The Bertz CT molecular complexity index is 685. The normalized spacial score (nSPS) is 21.6. The molecule has 1 unspecified atom stereocenters. The number of ketones is 1. The van der Waals surface area contributed by atoms with E-state index >= 15 is 0 Å². The minimum Gasteiger partial charge on any atom is -0.299 e. The second-order valence-electron chi connectivity index (χ2n) is 6.83. The van der Waals surface area contributed by atoms with Crippen LogP contribution in [-0.2, 0) is 17.8 Å². The molecule has 0 saturated carbocycles. The van der Waals surface area contributed by atoms with Crippen LogP contribution in [0.2, 0.25) is 0 Å². The Hall–Kier alpha value is -2.00. The van der Waals surface area contributed by atoms with Crippen molar-refractivity contribution >= 4 is 5.78 Å². The molecule has 1 heterocycles. The van der Waals surface area contributed by atoms with Crippen molar-refractivity contribution in [3.63, 3.8) is 0 Å². The van der Waals surface area contributed by atoms with Crippen LogP contribution < -0.4 is 0 Å². The van der Waals surface area contributed by atoms with E-state index in [2.05, 4.69) is 36.1 Å². The van der Waals surface area contributed by atoms with Gasteiger partial charge in [-0.2, -0.15) is 0 Å². The van der Waals surface area contributed by atoms with Gasteiger partial charge in [-0.25, -0.2) is 4.39 Å². The van der Waals surface area contributed by atoms with Gasteiger partial charge >= 0.3 is 0 Å². The molecular formula is C21H24FNO. The maximum Gasteiger partial charge on any atom is 0.140 e. The van der Waals surface area contributed by atoms with Crippen LogP contribution in [0.25, 0.3) is 0 Å². The van der Waals surface area contributed by atoms with Gasteiger partial charge in [-0.1, -0.05) is 55.5 Å². The summed E-state index contributed by atoms with van der Waals surface area (Å²) in [6.45, 7) is 4.91. The average molecular weight is 325 g/mol. The molecule has 126 valence electrons. The van der Waals surface area contributed by atoms with Crippen molar-refractivity contribution in [2.24, 2.45) is 11.8 Å². The molecule has 1 aliphatic heterocycles. The SMILES string of the molecule is CC1CN(Cc2ccccc2)CC[C@H]1C(=O)Cc1ccccc1F. The molecule has 0 N–H and O–H groups in total. The average Bonchev–Trinajstić information content (AvgIpc) is 2.58. The van der Waals surface area contributed by atoms with E-state index in [1.165, 1.54) is 11.6 Å². The highest BCUT2D eigenvalue weighted by Gasteiger charge is 2.31. The number of carbonyl (C=O) groups excluding carboxylic acids is 1. The minimum absolute atomic E-state index is 0.0385. The van der Waals surface area contributed by atoms with E-state index in [1.807, 2.05) is 6.07 Å². The number of hydrogen-bond acceptors (Lipinski definition) is 2. The number of rotatable bonds is 5. The number of hydrogen-bond donors (Lipinski definition) is 0. The first-order valence-electron chi connectivity index (χ1n) is 8.66. The van der Waals surface area contributed by atoms with Gasteiger partial charge in [0, 0.05) is 25.4 Å². The van der Waals surface area contributed by atoms with E-state index in [4.69, 9.17) is 0 Å². The van der Waals surface area contributed by atoms with Crippen LogP contribution in [0.4, 0.5) is 4.39 Å². The van der Waals surface area contributed by atoms with Crippen molar-refractivity contribution in [1.82, 2.24) is 4.90 Å². The van der Waals surface area contributed by atoms with Gasteiger partial charge in [0.1, 0.15) is 11.6 Å². The lowest BCUT2D eigenvalue weighted by atomic mass is 9.81. The summed E-state index contributed by atoms with van der Waals surface area (Å²) < 4.78 is 13.8. The maximum atomic E-state index is 13.8. The molecule has 3 rings (SSSR count). The van der Waals surface area contributed by atoms with E-state index < -0.39 is 0 Å². The van der Waals surface area contributed by atoms with Crippen molar-refractivity contribution in [3.05, 3.63) is 71.5 Å². The van der Waals surface area contributed by atoms with E-state index in [-0.39, 0.29) is 23.9 Å². The molecule has 0 amide bonds. The van der Waals surface area contributed by atoms with Gasteiger partial charge in [-0.3, -0.25) is 9.69 Å². The molecule has 0 spiro atoms. The molecule has 1 fully saturated rings. The van der Waals surface area contributed by atoms with E-state index in [0.717, 1.165) is 26.1 Å². The van der Waals surface area contributed by atoms with Gasteiger partial charge in [-0.15, -0.1) is 0 Å². The largest absolute Gasteiger partial charge is 0.299 e. The summed E-state index contributed by atoms with van der Waals surface area (Å²) >= 11 is 0. The number of benzene rings is 2. The van der Waals surface area contributed by atoms with Crippen molar-refractivity contribution < 1.29 is 9.18 Å². The molecule has 2 aromatic rings. The third kappa shape index (κ3) is 4.09. The number of carbonyl (C=O) groups is 1. The van der Waals surface area contributed by atoms with Gasteiger partial charge in [0.2, 0.25) is 0 Å². The van der Waals surface area contributed by atoms with Gasteiger partial charge in [-0.05, 0) is 36.1 Å². The molecule has 2 atom stereocenters. The lowest BCUT2D eigenvalue weighted by molar-refractivity contribution is -0.125. The summed E-state index contributed by atoms with van der Waals surface area (Å²) in [4.78, 5) is 15.0. The van der Waals surface area contributed by atoms with Gasteiger partial charge < -0.3 is 0 Å². The zero-order valence-corrected chi connectivity index (χ0v) is 14.1. The van der Waals surface area contributed by atoms with Crippen molar-refractivity contribution in [3.8, 4) is 0 Å². The highest BCUT2D eigenvalue weighted by molar-refractivity contribution is 5.83. The summed E-state index contributed by atoms with van der Waals surface area (Å²) in [5.74, 6) is 0.241. The van der Waals surface area contributed by atoms with Crippen LogP contribution in [0.15, 0.2) is 54.6 Å². The van der Waals surface area contributed by atoms with Crippen molar-refractivity contribution in [1.29, 1.82) is 0 Å². The lowest BCUT2D eigenvalue weighted by Gasteiger charge is -2.36. The third-order valence-corrected chi connectivity index (χ3v) is 4.97. The topological polar surface area (TPSA) is 20.3 Å². The summed E-state index contributed by atoms with van der Waals surface area (Å²) in [7, 11) is 0. The van der Waals surface area contributed by atoms with Crippen molar-refractivity contribution in [2.45, 2.75) is 26.3 Å². The number of Topliss-reactive ketones (excluding diaryl/α,β-unsaturated/α-hetero) is 1. The summed E-state index contributed by atoms with van der Waals surface area (Å²) in [6.07, 6.45) is 1.07. The van der Waals surface area contributed by atoms with Crippen LogP contribution >= 0.6 is 0 Å². The van der Waals surface area contributed by atoms with E-state index in [9.17, 15) is 9.18 Å². The van der Waals surface area contributed by atoms with Crippen LogP contribution in [0.5, 0.6) is 0 Å². The van der Waals surface area contributed by atoms with Gasteiger partial charge in [0.05, 0.1) is 0 Å². The van der Waals surface area contributed by atoms with Crippen molar-refractivity contribution in [2.75, 3.05) is 13.1 Å². The predicted octanol–water partition coefficient (Wildman–Crippen LogP) is 4.10. The standard InChI is InChI=1S/C21H24FNO/c1-16-14-23(15-17-7-3-2-4-8-17)12-11-19(16)21(24)13-18-9-5-6-10-20(18)22/h2-10,16,19H,11-15H2,1H3/t16?,19-/m1/s1. The Morgan fingerprint density at radius 1 is 1.12 bits per heavy atom. The summed E-state index contributed by atoms with van der Waals surface area (Å²) in [5.41, 5.74) is 1.82. The first-order chi connectivity index (χ1) is 11.6. The Morgan fingerprint density at radius 3 is 2.54 bits per heavy atom. The predicted molar refractivity (Wildman–Crippen MR) is 94.1 cm³/mol. The third-order valence-electron chi connectivity index (χ3n) is 4.97. The molecule has 1 aliphatic rings. The highest BCUT2D eigenvalue weighted by Crippen LogP contribution is 2.26. The molecule has 0 radical (unpaired) electrons. The fraction of sp³-hybridized carbons (Fsp3) is 0.381. The molecule has 1 saturated heterocycles. The molecular weight excluding hydrogens is 301 g/mol. The Morgan fingerprint density at radius 2 is 1.83 bits per heavy atom. The maximum absolute atomic E-state index is 13.8. The van der Waals surface area contributed by atoms with Gasteiger partial charge in [0.15, 0.2) is 0 Å². The second-order valence-corrected chi connectivity index (χ2v) is 6.83. The Balaban J connectivity index is 1.57. The first kappa shape index (κ1) is 16.8. The van der Waals surface area contributed by atoms with E-state index in [1.54, 1.807) is 18.2 Å². The van der Waals surface area contributed by atoms with E-state index in [0.29, 0.717) is 11.5 Å². The quantitative estimate of drug-likeness (QED) is 0.825. The zero-order valence-electron chi connectivity index (χ0n) is 14.1. The molecule has 0 aliphatic carbocycles. The molecule has 2 nitrogen and oxygen atoms in total. The number of piperidine rings is 1. The first-order valence-corrected chi connectivity index (χ1v) is 8.66.